The van der Waals surface area contributed by atoms with E-state index in [-0.39, 0.29) is 12.5 Å². The number of aliphatic hydroxyl groups is 1. The molecule has 0 radical (unpaired) electrons. The molecule has 0 saturated heterocycles. The molecule has 0 heterocycles. The minimum absolute atomic E-state index is 0.128. The van der Waals surface area contributed by atoms with Gasteiger partial charge in [0.15, 0.2) is 0 Å². The molecule has 2 N–H and O–H groups in total. The topological polar surface area (TPSA) is 41.5 Å². The van der Waals surface area contributed by atoms with Gasteiger partial charge in [0.25, 0.3) is 0 Å². The minimum atomic E-state index is -4.06. The van der Waals surface area contributed by atoms with E-state index in [0.717, 1.165) is 12.8 Å². The van der Waals surface area contributed by atoms with Crippen LogP contribution in [0.2, 0.25) is 0 Å². The van der Waals surface area contributed by atoms with E-state index < -0.39 is 18.7 Å². The Kier molecular flexibility index (Phi) is 8.59. The Bertz CT molecular complexity index is 274. The molecular formula is C15H28F3NO2. The number of unbranched alkanes of at least 4 members (excludes halogenated alkanes) is 1. The normalized spacial score (nSPS) is 25.0. The lowest BCUT2D eigenvalue weighted by Crippen LogP contribution is -2.33. The fraction of sp³-hybridized carbons (Fsp3) is 1.00. The van der Waals surface area contributed by atoms with Crippen LogP contribution in [0.1, 0.15) is 51.9 Å². The molecule has 0 spiro atoms. The maximum Gasteiger partial charge on any atom is 0.389 e. The number of ether oxygens (including phenoxy) is 1. The lowest BCUT2D eigenvalue weighted by molar-refractivity contribution is -0.135. The van der Waals surface area contributed by atoms with Crippen molar-refractivity contribution in [2.45, 2.75) is 70.3 Å². The number of halogens is 3. The molecule has 3 atom stereocenters. The van der Waals surface area contributed by atoms with Crippen LogP contribution in [0.5, 0.6) is 0 Å². The zero-order valence-corrected chi connectivity index (χ0v) is 12.8. The smallest absolute Gasteiger partial charge is 0.389 e. The van der Waals surface area contributed by atoms with Crippen LogP contribution in [-0.4, -0.2) is 43.2 Å². The summed E-state index contributed by atoms with van der Waals surface area (Å²) in [5, 5.41) is 12.7. The van der Waals surface area contributed by atoms with Gasteiger partial charge in [0, 0.05) is 13.0 Å². The first-order chi connectivity index (χ1) is 9.87. The van der Waals surface area contributed by atoms with Crippen molar-refractivity contribution in [3.05, 3.63) is 0 Å². The first-order valence-corrected chi connectivity index (χ1v) is 7.94. The fourth-order valence-electron chi connectivity index (χ4n) is 2.68. The third kappa shape index (κ3) is 10.1. The number of hydrogen-bond donors (Lipinski definition) is 2. The van der Waals surface area contributed by atoms with Crippen LogP contribution in [0.15, 0.2) is 0 Å². The number of hydrogen-bond acceptors (Lipinski definition) is 3. The Morgan fingerprint density at radius 1 is 1.29 bits per heavy atom. The summed E-state index contributed by atoms with van der Waals surface area (Å²) in [4.78, 5) is 0. The minimum Gasteiger partial charge on any atom is -0.389 e. The molecule has 1 fully saturated rings. The molecule has 1 aliphatic carbocycles. The van der Waals surface area contributed by atoms with Gasteiger partial charge >= 0.3 is 6.18 Å². The standard InChI is InChI=1S/C15H28F3NO2/c1-12-5-4-6-14(9-12)21-11-13(20)10-19-8-3-2-7-15(16,17)18/h12-14,19-20H,2-11H2,1H3. The predicted octanol–water partition coefficient (Wildman–Crippen LogP) is 3.26. The van der Waals surface area contributed by atoms with Crippen molar-refractivity contribution < 1.29 is 23.0 Å². The van der Waals surface area contributed by atoms with E-state index in [9.17, 15) is 18.3 Å². The van der Waals surface area contributed by atoms with Crippen molar-refractivity contribution >= 4 is 0 Å². The monoisotopic (exact) mass is 311 g/mol. The first kappa shape index (κ1) is 18.7. The van der Waals surface area contributed by atoms with Gasteiger partial charge in [0.05, 0.1) is 18.8 Å². The quantitative estimate of drug-likeness (QED) is 0.642. The average Bonchev–Trinajstić information content (AvgIpc) is 2.39. The largest absolute Gasteiger partial charge is 0.389 e. The fourth-order valence-corrected chi connectivity index (χ4v) is 2.68. The third-order valence-corrected chi connectivity index (χ3v) is 3.86. The zero-order valence-electron chi connectivity index (χ0n) is 12.8. The summed E-state index contributed by atoms with van der Waals surface area (Å²) in [5.74, 6) is 0.688. The van der Waals surface area contributed by atoms with Crippen molar-refractivity contribution in [2.24, 2.45) is 5.92 Å². The molecule has 126 valence electrons. The van der Waals surface area contributed by atoms with E-state index in [1.807, 2.05) is 0 Å². The zero-order chi connectivity index (χ0) is 15.7. The van der Waals surface area contributed by atoms with Gasteiger partial charge in [-0.3, -0.25) is 0 Å². The Morgan fingerprint density at radius 3 is 2.71 bits per heavy atom. The molecule has 3 unspecified atom stereocenters. The van der Waals surface area contributed by atoms with Crippen LogP contribution in [0.3, 0.4) is 0 Å². The third-order valence-electron chi connectivity index (χ3n) is 3.86. The molecule has 0 aromatic heterocycles. The maximum atomic E-state index is 11.9. The van der Waals surface area contributed by atoms with Crippen LogP contribution >= 0.6 is 0 Å². The lowest BCUT2D eigenvalue weighted by atomic mass is 9.89. The van der Waals surface area contributed by atoms with E-state index in [1.165, 1.54) is 12.8 Å². The van der Waals surface area contributed by atoms with Gasteiger partial charge in [0.2, 0.25) is 0 Å². The first-order valence-electron chi connectivity index (χ1n) is 7.94. The molecular weight excluding hydrogens is 283 g/mol. The highest BCUT2D eigenvalue weighted by molar-refractivity contribution is 4.71. The molecule has 0 aliphatic heterocycles. The SMILES string of the molecule is CC1CCCC(OCC(O)CNCCCCC(F)(F)F)C1. The second kappa shape index (κ2) is 9.64. The van der Waals surface area contributed by atoms with Gasteiger partial charge in [-0.2, -0.15) is 13.2 Å². The molecule has 1 aliphatic rings. The summed E-state index contributed by atoms with van der Waals surface area (Å²) in [7, 11) is 0. The maximum absolute atomic E-state index is 11.9. The number of alkyl halides is 3. The second-order valence-electron chi connectivity index (χ2n) is 6.16. The predicted molar refractivity (Wildman–Crippen MR) is 76.2 cm³/mol. The van der Waals surface area contributed by atoms with Crippen LogP contribution in [-0.2, 0) is 4.74 Å². The number of nitrogens with one attached hydrogen (secondary N) is 1. The number of aliphatic hydroxyl groups excluding tert-OH is 1. The summed E-state index contributed by atoms with van der Waals surface area (Å²) < 4.78 is 41.5. The molecule has 0 aromatic carbocycles. The Labute approximate surface area is 125 Å². The molecule has 6 heteroatoms. The molecule has 21 heavy (non-hydrogen) atoms. The van der Waals surface area contributed by atoms with E-state index in [2.05, 4.69) is 12.2 Å². The van der Waals surface area contributed by atoms with Gasteiger partial charge in [-0.1, -0.05) is 19.8 Å². The summed E-state index contributed by atoms with van der Waals surface area (Å²) >= 11 is 0. The van der Waals surface area contributed by atoms with Gasteiger partial charge in [-0.05, 0) is 38.1 Å². The van der Waals surface area contributed by atoms with Crippen LogP contribution in [0.4, 0.5) is 13.2 Å². The van der Waals surface area contributed by atoms with Gasteiger partial charge < -0.3 is 15.2 Å². The molecule has 0 amide bonds. The highest BCUT2D eigenvalue weighted by Gasteiger charge is 2.25. The van der Waals surface area contributed by atoms with Crippen LogP contribution in [0.25, 0.3) is 0 Å². The van der Waals surface area contributed by atoms with E-state index >= 15 is 0 Å². The van der Waals surface area contributed by atoms with Crippen molar-refractivity contribution in [3.63, 3.8) is 0 Å². The molecule has 0 aromatic rings. The van der Waals surface area contributed by atoms with Gasteiger partial charge in [0.1, 0.15) is 0 Å². The summed E-state index contributed by atoms with van der Waals surface area (Å²) in [6.45, 7) is 3.38. The number of rotatable bonds is 9. The van der Waals surface area contributed by atoms with E-state index in [1.54, 1.807) is 0 Å². The van der Waals surface area contributed by atoms with E-state index in [0.29, 0.717) is 32.0 Å². The highest BCUT2D eigenvalue weighted by Crippen LogP contribution is 2.25. The average molecular weight is 311 g/mol. The highest BCUT2D eigenvalue weighted by atomic mass is 19.4. The summed E-state index contributed by atoms with van der Waals surface area (Å²) in [5.41, 5.74) is 0. The lowest BCUT2D eigenvalue weighted by Gasteiger charge is -2.27. The Balaban J connectivity index is 1.95. The van der Waals surface area contributed by atoms with Crippen molar-refractivity contribution in [2.75, 3.05) is 19.7 Å². The summed E-state index contributed by atoms with van der Waals surface area (Å²) in [6, 6.07) is 0. The molecule has 1 saturated carbocycles. The summed E-state index contributed by atoms with van der Waals surface area (Å²) in [6.07, 6.45) is -0.0121. The molecule has 0 bridgehead atoms. The van der Waals surface area contributed by atoms with Gasteiger partial charge in [-0.15, -0.1) is 0 Å². The van der Waals surface area contributed by atoms with Gasteiger partial charge in [-0.25, -0.2) is 0 Å². The Morgan fingerprint density at radius 2 is 2.05 bits per heavy atom. The van der Waals surface area contributed by atoms with E-state index in [4.69, 9.17) is 4.74 Å². The van der Waals surface area contributed by atoms with Crippen LogP contribution in [0, 0.1) is 5.92 Å². The molecule has 3 nitrogen and oxygen atoms in total. The Hall–Kier alpha value is -0.330. The van der Waals surface area contributed by atoms with Crippen molar-refractivity contribution in [1.29, 1.82) is 0 Å². The second-order valence-corrected chi connectivity index (χ2v) is 6.16. The van der Waals surface area contributed by atoms with Crippen molar-refractivity contribution in [3.8, 4) is 0 Å². The van der Waals surface area contributed by atoms with Crippen LogP contribution < -0.4 is 5.32 Å². The van der Waals surface area contributed by atoms with Crippen molar-refractivity contribution in [1.82, 2.24) is 5.32 Å². The molecule has 1 rings (SSSR count).